The summed E-state index contributed by atoms with van der Waals surface area (Å²) >= 11 is 5.20. The minimum Gasteiger partial charge on any atom is -0.300 e. The number of hydrogen-bond acceptors (Lipinski definition) is 4. The van der Waals surface area contributed by atoms with Crippen LogP contribution in [0.3, 0.4) is 0 Å². The highest BCUT2D eigenvalue weighted by molar-refractivity contribution is 9.10. The molecule has 0 amide bonds. The summed E-state index contributed by atoms with van der Waals surface area (Å²) < 4.78 is 1.01. The molecule has 2 aromatic rings. The first-order chi connectivity index (χ1) is 9.13. The summed E-state index contributed by atoms with van der Waals surface area (Å²) in [5.41, 5.74) is 2.17. The van der Waals surface area contributed by atoms with Crippen molar-refractivity contribution in [1.29, 1.82) is 0 Å². The number of hydrogen-bond donors (Lipinski definition) is 1. The molecule has 5 heteroatoms. The maximum absolute atomic E-state index is 4.69. The maximum Gasteiger partial charge on any atom is 0.116 e. The third-order valence-electron chi connectivity index (χ3n) is 3.32. The maximum atomic E-state index is 4.69. The first kappa shape index (κ1) is 13.2. The van der Waals surface area contributed by atoms with Crippen molar-refractivity contribution in [3.63, 3.8) is 0 Å². The van der Waals surface area contributed by atoms with Gasteiger partial charge in [-0.15, -0.1) is 11.3 Å². The molecule has 0 aromatic carbocycles. The Morgan fingerprint density at radius 2 is 2.16 bits per heavy atom. The van der Waals surface area contributed by atoms with Crippen molar-refractivity contribution in [2.75, 3.05) is 0 Å². The topological polar surface area (TPSA) is 37.8 Å². The van der Waals surface area contributed by atoms with E-state index in [9.17, 15) is 0 Å². The van der Waals surface area contributed by atoms with Gasteiger partial charge in [0.2, 0.25) is 0 Å². The van der Waals surface area contributed by atoms with Crippen molar-refractivity contribution in [1.82, 2.24) is 15.3 Å². The van der Waals surface area contributed by atoms with Crippen LogP contribution in [0.15, 0.2) is 22.8 Å². The molecular weight excluding hydrogens is 322 g/mol. The number of nitrogens with one attached hydrogen (secondary N) is 1. The fourth-order valence-electron chi connectivity index (χ4n) is 1.95. The van der Waals surface area contributed by atoms with Gasteiger partial charge in [-0.05, 0) is 54.8 Å². The summed E-state index contributed by atoms with van der Waals surface area (Å²) in [5, 5.41) is 4.78. The quantitative estimate of drug-likeness (QED) is 0.922. The first-order valence-electron chi connectivity index (χ1n) is 6.45. The minimum absolute atomic E-state index is 0.123. The van der Waals surface area contributed by atoms with E-state index >= 15 is 0 Å². The smallest absolute Gasteiger partial charge is 0.116 e. The van der Waals surface area contributed by atoms with E-state index in [1.54, 1.807) is 11.3 Å². The number of halogens is 1. The fourth-order valence-corrected chi connectivity index (χ4v) is 3.18. The monoisotopic (exact) mass is 337 g/mol. The molecule has 3 nitrogen and oxygen atoms in total. The molecular formula is C14H16BrN3S. The molecule has 0 aliphatic heterocycles. The Kier molecular flexibility index (Phi) is 3.69. The molecule has 1 aliphatic carbocycles. The zero-order valence-corrected chi connectivity index (χ0v) is 13.4. The minimum atomic E-state index is 0.123. The third kappa shape index (κ3) is 3.04. The second kappa shape index (κ2) is 5.31. The van der Waals surface area contributed by atoms with Gasteiger partial charge in [-0.2, -0.15) is 0 Å². The predicted octanol–water partition coefficient (Wildman–Crippen LogP) is 3.76. The van der Waals surface area contributed by atoms with Crippen LogP contribution in [-0.2, 0) is 0 Å². The lowest BCUT2D eigenvalue weighted by molar-refractivity contribution is 0.584. The Morgan fingerprint density at radius 1 is 1.37 bits per heavy atom. The van der Waals surface area contributed by atoms with Gasteiger partial charge >= 0.3 is 0 Å². The Morgan fingerprint density at radius 3 is 2.68 bits per heavy atom. The van der Waals surface area contributed by atoms with Crippen LogP contribution in [0, 0.1) is 13.8 Å². The molecule has 0 spiro atoms. The Balaban J connectivity index is 1.94. The fraction of sp³-hybridized carbons (Fsp3) is 0.429. The van der Waals surface area contributed by atoms with Crippen LogP contribution in [0.5, 0.6) is 0 Å². The Bertz CT molecular complexity index is 555. The van der Waals surface area contributed by atoms with Crippen molar-refractivity contribution in [3.8, 4) is 0 Å². The molecule has 1 fully saturated rings. The molecule has 0 radical (unpaired) electrons. The second-order valence-corrected chi connectivity index (χ2v) is 7.12. The lowest BCUT2D eigenvalue weighted by Crippen LogP contribution is -2.25. The average molecular weight is 338 g/mol. The summed E-state index contributed by atoms with van der Waals surface area (Å²) in [4.78, 5) is 10.5. The van der Waals surface area contributed by atoms with E-state index < -0.39 is 0 Å². The second-order valence-electron chi connectivity index (χ2n) is 4.97. The molecule has 2 aromatic heterocycles. The van der Waals surface area contributed by atoms with Gasteiger partial charge in [0.25, 0.3) is 0 Å². The number of aromatic nitrogens is 2. The van der Waals surface area contributed by atoms with E-state index in [4.69, 9.17) is 4.98 Å². The highest BCUT2D eigenvalue weighted by atomic mass is 79.9. The van der Waals surface area contributed by atoms with Crippen molar-refractivity contribution in [2.24, 2.45) is 0 Å². The normalized spacial score (nSPS) is 16.6. The van der Waals surface area contributed by atoms with Crippen LogP contribution in [0.1, 0.15) is 40.2 Å². The molecule has 3 rings (SSSR count). The van der Waals surface area contributed by atoms with Crippen molar-refractivity contribution < 1.29 is 0 Å². The molecule has 19 heavy (non-hydrogen) atoms. The number of rotatable bonds is 4. The van der Waals surface area contributed by atoms with Crippen LogP contribution in [0.4, 0.5) is 0 Å². The summed E-state index contributed by atoms with van der Waals surface area (Å²) in [6.45, 7) is 4.19. The molecule has 1 atom stereocenters. The summed E-state index contributed by atoms with van der Waals surface area (Å²) in [5.74, 6) is 0. The number of aryl methyl sites for hydroxylation is 2. The summed E-state index contributed by atoms with van der Waals surface area (Å²) in [6.07, 6.45) is 4.37. The lowest BCUT2D eigenvalue weighted by Gasteiger charge is -2.15. The summed E-state index contributed by atoms with van der Waals surface area (Å²) in [7, 11) is 0. The molecule has 2 heterocycles. The predicted molar refractivity (Wildman–Crippen MR) is 81.5 cm³/mol. The van der Waals surface area contributed by atoms with Gasteiger partial charge in [0.05, 0.1) is 11.4 Å². The molecule has 1 saturated carbocycles. The highest BCUT2D eigenvalue weighted by Gasteiger charge is 2.28. The van der Waals surface area contributed by atoms with Crippen molar-refractivity contribution in [2.45, 2.75) is 38.8 Å². The van der Waals surface area contributed by atoms with E-state index in [0.717, 1.165) is 20.9 Å². The molecule has 0 bridgehead atoms. The number of thiazole rings is 1. The SMILES string of the molecule is Cc1nc(C(NC2CC2)c2ccc(Br)cn2)sc1C. The van der Waals surface area contributed by atoms with E-state index in [2.05, 4.69) is 46.1 Å². The van der Waals surface area contributed by atoms with Gasteiger partial charge in [0.1, 0.15) is 11.0 Å². The molecule has 1 unspecified atom stereocenters. The van der Waals surface area contributed by atoms with Crippen molar-refractivity contribution in [3.05, 3.63) is 44.1 Å². The summed E-state index contributed by atoms with van der Waals surface area (Å²) in [6, 6.07) is 4.85. The third-order valence-corrected chi connectivity index (χ3v) is 4.92. The van der Waals surface area contributed by atoms with E-state index in [1.807, 2.05) is 12.3 Å². The van der Waals surface area contributed by atoms with Gasteiger partial charge in [0, 0.05) is 21.6 Å². The number of pyridine rings is 1. The number of nitrogens with zero attached hydrogens (tertiary/aromatic N) is 2. The zero-order chi connectivity index (χ0) is 13.4. The lowest BCUT2D eigenvalue weighted by atomic mass is 10.2. The van der Waals surface area contributed by atoms with E-state index in [-0.39, 0.29) is 6.04 Å². The largest absolute Gasteiger partial charge is 0.300 e. The van der Waals surface area contributed by atoms with Crippen molar-refractivity contribution >= 4 is 27.3 Å². The zero-order valence-electron chi connectivity index (χ0n) is 11.0. The molecule has 1 N–H and O–H groups in total. The molecule has 0 saturated heterocycles. The van der Waals surface area contributed by atoms with Gasteiger partial charge in [0.15, 0.2) is 0 Å². The van der Waals surface area contributed by atoms with E-state index in [1.165, 1.54) is 17.7 Å². The van der Waals surface area contributed by atoms with Crippen LogP contribution in [-0.4, -0.2) is 16.0 Å². The van der Waals surface area contributed by atoms with Gasteiger partial charge in [-0.1, -0.05) is 0 Å². The van der Waals surface area contributed by atoms with Gasteiger partial charge in [-0.25, -0.2) is 4.98 Å². The van der Waals surface area contributed by atoms with Gasteiger partial charge < -0.3 is 5.32 Å². The Labute approximate surface area is 125 Å². The molecule has 1 aliphatic rings. The average Bonchev–Trinajstić information content (AvgIpc) is 3.14. The van der Waals surface area contributed by atoms with Crippen LogP contribution in [0.25, 0.3) is 0 Å². The van der Waals surface area contributed by atoms with Crippen LogP contribution < -0.4 is 5.32 Å². The van der Waals surface area contributed by atoms with E-state index in [0.29, 0.717) is 6.04 Å². The standard InChI is InChI=1S/C14H16BrN3S/c1-8-9(2)19-14(17-8)13(18-11-4-5-11)12-6-3-10(15)7-16-12/h3,6-7,11,13,18H,4-5H2,1-2H3. The van der Waals surface area contributed by atoms with Crippen LogP contribution in [0.2, 0.25) is 0 Å². The van der Waals surface area contributed by atoms with Crippen LogP contribution >= 0.6 is 27.3 Å². The Hall–Kier alpha value is -0.780. The highest BCUT2D eigenvalue weighted by Crippen LogP contribution is 2.31. The molecule has 100 valence electrons. The van der Waals surface area contributed by atoms with Gasteiger partial charge in [-0.3, -0.25) is 4.98 Å². The first-order valence-corrected chi connectivity index (χ1v) is 8.06.